The number of anilines is 1. The summed E-state index contributed by atoms with van der Waals surface area (Å²) in [4.78, 5) is 26.6. The van der Waals surface area contributed by atoms with Crippen LogP contribution in [0.4, 0.5) is 5.82 Å². The van der Waals surface area contributed by atoms with E-state index in [1.54, 1.807) is 0 Å². The van der Waals surface area contributed by atoms with E-state index < -0.39 is 0 Å². The molecule has 0 saturated heterocycles. The Kier molecular flexibility index (Phi) is 2.25. The number of aryl methyl sites for hydroxylation is 1. The first-order chi connectivity index (χ1) is 6.70. The maximum atomic E-state index is 11.1. The summed E-state index contributed by atoms with van der Waals surface area (Å²) in [5.74, 6) is 0.837. The number of aldehydes is 1. The maximum Gasteiger partial charge on any atom is 0.235 e. The van der Waals surface area contributed by atoms with Gasteiger partial charge in [-0.3, -0.25) is 9.59 Å². The van der Waals surface area contributed by atoms with Crippen LogP contribution in [0.1, 0.15) is 16.1 Å². The lowest BCUT2D eigenvalue weighted by atomic mass is 10.2. The predicted molar refractivity (Wildman–Crippen MR) is 53.7 cm³/mol. The van der Waals surface area contributed by atoms with E-state index in [0.717, 1.165) is 10.5 Å². The third-order valence-electron chi connectivity index (χ3n) is 1.95. The smallest absolute Gasteiger partial charge is 0.235 e. The fraction of sp³-hybridized carbons (Fsp3) is 0.222. The first-order valence-corrected chi connectivity index (χ1v) is 5.09. The summed E-state index contributed by atoms with van der Waals surface area (Å²) < 4.78 is 0. The van der Waals surface area contributed by atoms with Crippen molar-refractivity contribution >= 4 is 29.8 Å². The van der Waals surface area contributed by atoms with Crippen LogP contribution in [0.2, 0.25) is 0 Å². The van der Waals surface area contributed by atoms with Crippen LogP contribution in [0, 0.1) is 6.92 Å². The summed E-state index contributed by atoms with van der Waals surface area (Å²) in [5.41, 5.74) is 1.22. The molecule has 0 fully saturated rings. The first kappa shape index (κ1) is 9.21. The number of amides is 1. The molecule has 2 heterocycles. The molecule has 0 bridgehead atoms. The minimum Gasteiger partial charge on any atom is -0.309 e. The lowest BCUT2D eigenvalue weighted by molar-refractivity contribution is -0.113. The standard InChI is InChI=1S/C9H8N2O2S/c1-5-2-7-9(10-6(5)3-12)11-8(13)4-14-7/h2-3H,4H2,1H3,(H,10,11,13). The molecule has 1 aromatic heterocycles. The van der Waals surface area contributed by atoms with E-state index >= 15 is 0 Å². The molecule has 0 spiro atoms. The van der Waals surface area contributed by atoms with Crippen LogP contribution in [0.3, 0.4) is 0 Å². The zero-order chi connectivity index (χ0) is 10.1. The third-order valence-corrected chi connectivity index (χ3v) is 2.97. The lowest BCUT2D eigenvalue weighted by Crippen LogP contribution is -2.20. The summed E-state index contributed by atoms with van der Waals surface area (Å²) in [6.45, 7) is 1.83. The zero-order valence-corrected chi connectivity index (χ0v) is 8.35. The molecule has 0 atom stereocenters. The van der Waals surface area contributed by atoms with Crippen molar-refractivity contribution in [3.05, 3.63) is 17.3 Å². The van der Waals surface area contributed by atoms with Crippen molar-refractivity contribution in [3.63, 3.8) is 0 Å². The molecule has 1 aromatic rings. The average molecular weight is 208 g/mol. The molecule has 1 N–H and O–H groups in total. The molecule has 72 valence electrons. The minimum atomic E-state index is -0.0734. The average Bonchev–Trinajstić information content (AvgIpc) is 2.17. The van der Waals surface area contributed by atoms with Gasteiger partial charge >= 0.3 is 0 Å². The van der Waals surface area contributed by atoms with E-state index in [9.17, 15) is 9.59 Å². The summed E-state index contributed by atoms with van der Waals surface area (Å²) in [5, 5.41) is 2.63. The molecule has 5 heteroatoms. The molecular formula is C9H8N2O2S. The van der Waals surface area contributed by atoms with Crippen molar-refractivity contribution in [2.24, 2.45) is 0 Å². The van der Waals surface area contributed by atoms with Crippen LogP contribution in [-0.4, -0.2) is 22.9 Å². The largest absolute Gasteiger partial charge is 0.309 e. The summed E-state index contributed by atoms with van der Waals surface area (Å²) >= 11 is 1.44. The van der Waals surface area contributed by atoms with E-state index in [-0.39, 0.29) is 5.91 Å². The fourth-order valence-electron chi connectivity index (χ4n) is 1.23. The van der Waals surface area contributed by atoms with Crippen LogP contribution in [0.5, 0.6) is 0 Å². The van der Waals surface area contributed by atoms with Gasteiger partial charge in [0.15, 0.2) is 6.29 Å². The van der Waals surface area contributed by atoms with Crippen molar-refractivity contribution in [1.29, 1.82) is 0 Å². The number of carbonyl (C=O) groups is 2. The number of nitrogens with one attached hydrogen (secondary N) is 1. The molecule has 1 aliphatic heterocycles. The quantitative estimate of drug-likeness (QED) is 0.705. The molecule has 1 aliphatic rings. The molecule has 0 aromatic carbocycles. The van der Waals surface area contributed by atoms with Crippen molar-refractivity contribution in [1.82, 2.24) is 4.98 Å². The van der Waals surface area contributed by atoms with E-state index in [4.69, 9.17) is 0 Å². The Morgan fingerprint density at radius 2 is 2.43 bits per heavy atom. The Morgan fingerprint density at radius 3 is 3.14 bits per heavy atom. The van der Waals surface area contributed by atoms with Gasteiger partial charge in [-0.05, 0) is 18.6 Å². The van der Waals surface area contributed by atoms with Crippen LogP contribution in [0.25, 0.3) is 0 Å². The molecular weight excluding hydrogens is 200 g/mol. The van der Waals surface area contributed by atoms with E-state index in [1.807, 2.05) is 13.0 Å². The SMILES string of the molecule is Cc1cc2c(nc1C=O)NC(=O)CS2. The number of aromatic nitrogens is 1. The van der Waals surface area contributed by atoms with Gasteiger partial charge in [-0.25, -0.2) is 4.98 Å². The Bertz CT molecular complexity index is 418. The van der Waals surface area contributed by atoms with Crippen LogP contribution < -0.4 is 5.32 Å². The molecule has 0 aliphatic carbocycles. The van der Waals surface area contributed by atoms with Gasteiger partial charge in [0.1, 0.15) is 11.5 Å². The maximum absolute atomic E-state index is 11.1. The Labute approximate surface area is 85.1 Å². The number of carbonyl (C=O) groups excluding carboxylic acids is 2. The number of fused-ring (bicyclic) bond motifs is 1. The van der Waals surface area contributed by atoms with Gasteiger partial charge in [-0.15, -0.1) is 11.8 Å². The number of hydrogen-bond donors (Lipinski definition) is 1. The second-order valence-corrected chi connectivity index (χ2v) is 4.01. The normalized spacial score (nSPS) is 14.5. The van der Waals surface area contributed by atoms with Gasteiger partial charge in [0.25, 0.3) is 0 Å². The molecule has 0 radical (unpaired) electrons. The van der Waals surface area contributed by atoms with Gasteiger partial charge < -0.3 is 5.32 Å². The molecule has 0 saturated carbocycles. The molecule has 4 nitrogen and oxygen atoms in total. The van der Waals surface area contributed by atoms with Crippen molar-refractivity contribution in [3.8, 4) is 0 Å². The fourth-order valence-corrected chi connectivity index (χ4v) is 2.09. The van der Waals surface area contributed by atoms with Crippen LogP contribution in [0.15, 0.2) is 11.0 Å². The van der Waals surface area contributed by atoms with Crippen LogP contribution >= 0.6 is 11.8 Å². The van der Waals surface area contributed by atoms with Crippen LogP contribution in [-0.2, 0) is 4.79 Å². The van der Waals surface area contributed by atoms with E-state index in [1.165, 1.54) is 11.8 Å². The summed E-state index contributed by atoms with van der Waals surface area (Å²) in [6, 6.07) is 1.87. The Hall–Kier alpha value is -1.36. The Morgan fingerprint density at radius 1 is 1.64 bits per heavy atom. The minimum absolute atomic E-state index is 0.0734. The highest BCUT2D eigenvalue weighted by atomic mass is 32.2. The summed E-state index contributed by atoms with van der Waals surface area (Å²) in [6.07, 6.45) is 0.695. The van der Waals surface area contributed by atoms with Gasteiger partial charge in [0.2, 0.25) is 5.91 Å². The monoisotopic (exact) mass is 208 g/mol. The predicted octanol–water partition coefficient (Wildman–Crippen LogP) is 1.25. The highest BCUT2D eigenvalue weighted by molar-refractivity contribution is 8.00. The number of pyridine rings is 1. The first-order valence-electron chi connectivity index (χ1n) is 4.10. The number of thioether (sulfide) groups is 1. The zero-order valence-electron chi connectivity index (χ0n) is 7.53. The molecule has 1 amide bonds. The summed E-state index contributed by atoms with van der Waals surface area (Å²) in [7, 11) is 0. The number of rotatable bonds is 1. The third kappa shape index (κ3) is 1.50. The molecule has 2 rings (SSSR count). The second-order valence-electron chi connectivity index (χ2n) is 2.99. The van der Waals surface area contributed by atoms with Crippen molar-refractivity contribution in [2.45, 2.75) is 11.8 Å². The Balaban J connectivity index is 2.51. The number of nitrogens with zero attached hydrogens (tertiary/aromatic N) is 1. The van der Waals surface area contributed by atoms with E-state index in [2.05, 4.69) is 10.3 Å². The lowest BCUT2D eigenvalue weighted by Gasteiger charge is -2.15. The van der Waals surface area contributed by atoms with Crippen molar-refractivity contribution < 1.29 is 9.59 Å². The van der Waals surface area contributed by atoms with Crippen molar-refractivity contribution in [2.75, 3.05) is 11.1 Å². The van der Waals surface area contributed by atoms with E-state index in [0.29, 0.717) is 23.6 Å². The van der Waals surface area contributed by atoms with Gasteiger partial charge in [0.05, 0.1) is 10.6 Å². The highest BCUT2D eigenvalue weighted by Gasteiger charge is 2.17. The van der Waals surface area contributed by atoms with Gasteiger partial charge in [-0.2, -0.15) is 0 Å². The molecule has 14 heavy (non-hydrogen) atoms. The topological polar surface area (TPSA) is 59.1 Å². The highest BCUT2D eigenvalue weighted by Crippen LogP contribution is 2.30. The van der Waals surface area contributed by atoms with Gasteiger partial charge in [-0.1, -0.05) is 0 Å². The van der Waals surface area contributed by atoms with Gasteiger partial charge in [0, 0.05) is 0 Å². The number of hydrogen-bond acceptors (Lipinski definition) is 4. The molecule has 0 unspecified atom stereocenters. The second kappa shape index (κ2) is 3.42.